The van der Waals surface area contributed by atoms with Gasteiger partial charge in [0.2, 0.25) is 0 Å². The number of nitrogens with one attached hydrogen (secondary N) is 2. The van der Waals surface area contributed by atoms with Crippen LogP contribution in [0.4, 0.5) is 5.69 Å². The second-order valence-electron chi connectivity index (χ2n) is 5.77. The smallest absolute Gasteiger partial charge is 0.253 e. The molecule has 1 saturated carbocycles. The van der Waals surface area contributed by atoms with Crippen molar-refractivity contribution >= 4 is 11.6 Å². The van der Waals surface area contributed by atoms with Gasteiger partial charge in [-0.05, 0) is 37.2 Å². The van der Waals surface area contributed by atoms with Crippen LogP contribution in [0.1, 0.15) is 43.0 Å². The van der Waals surface area contributed by atoms with Crippen LogP contribution >= 0.6 is 0 Å². The maximum absolute atomic E-state index is 12.4. The molecule has 0 spiro atoms. The summed E-state index contributed by atoms with van der Waals surface area (Å²) in [5, 5.41) is 6.31. The van der Waals surface area contributed by atoms with E-state index in [-0.39, 0.29) is 11.3 Å². The summed E-state index contributed by atoms with van der Waals surface area (Å²) in [5.41, 5.74) is 1.73. The van der Waals surface area contributed by atoms with Gasteiger partial charge in [0.15, 0.2) is 0 Å². The molecule has 1 aliphatic carbocycles. The van der Waals surface area contributed by atoms with Crippen molar-refractivity contribution in [1.29, 1.82) is 0 Å². The Balaban J connectivity index is 1.91. The van der Waals surface area contributed by atoms with Crippen LogP contribution in [0, 0.1) is 5.41 Å². The van der Waals surface area contributed by atoms with Crippen LogP contribution in [0.25, 0.3) is 0 Å². The normalized spacial score (nSPS) is 15.5. The summed E-state index contributed by atoms with van der Waals surface area (Å²) in [6, 6.07) is 1.77. The maximum atomic E-state index is 12.4. The number of hydrogen-bond acceptors (Lipinski definition) is 4. The molecule has 0 aromatic carbocycles. The fraction of sp³-hybridized carbons (Fsp3) is 0.625. The van der Waals surface area contributed by atoms with Gasteiger partial charge in [0.1, 0.15) is 0 Å². The Labute approximate surface area is 126 Å². The Kier molecular flexibility index (Phi) is 5.56. The number of carbonyl (C=O) groups excluding carboxylic acids is 1. The van der Waals surface area contributed by atoms with E-state index in [0.717, 1.165) is 38.2 Å². The Bertz CT molecular complexity index is 472. The maximum Gasteiger partial charge on any atom is 0.253 e. The highest BCUT2D eigenvalue weighted by atomic mass is 16.5. The van der Waals surface area contributed by atoms with Crippen molar-refractivity contribution in [2.75, 3.05) is 32.1 Å². The van der Waals surface area contributed by atoms with Gasteiger partial charge in [0.05, 0.1) is 17.4 Å². The fourth-order valence-corrected chi connectivity index (χ4v) is 2.37. The Morgan fingerprint density at radius 3 is 2.95 bits per heavy atom. The number of carbonyl (C=O) groups is 1. The lowest BCUT2D eigenvalue weighted by Crippen LogP contribution is -2.31. The van der Waals surface area contributed by atoms with Crippen LogP contribution in [0.15, 0.2) is 18.5 Å². The lowest BCUT2D eigenvalue weighted by molar-refractivity contribution is 0.0938. The summed E-state index contributed by atoms with van der Waals surface area (Å²) in [4.78, 5) is 16.5. The standard InChI is InChI=1S/C16H25N3O2/c1-3-8-18-14-11-17-9-4-13(14)15(20)19-12-16(5-6-16)7-10-21-2/h4,9,11,18H,3,5-8,10,12H2,1-2H3,(H,19,20). The van der Waals surface area contributed by atoms with Crippen molar-refractivity contribution in [3.05, 3.63) is 24.0 Å². The van der Waals surface area contributed by atoms with E-state index in [1.807, 2.05) is 0 Å². The SMILES string of the molecule is CCCNc1cnccc1C(=O)NCC1(CCOC)CC1. The zero-order valence-corrected chi connectivity index (χ0v) is 12.9. The van der Waals surface area contributed by atoms with E-state index < -0.39 is 0 Å². The summed E-state index contributed by atoms with van der Waals surface area (Å²) in [6.45, 7) is 4.42. The molecule has 1 heterocycles. The third-order valence-electron chi connectivity index (χ3n) is 4.05. The lowest BCUT2D eigenvalue weighted by Gasteiger charge is -2.16. The summed E-state index contributed by atoms with van der Waals surface area (Å²) in [6.07, 6.45) is 7.74. The second kappa shape index (κ2) is 7.41. The zero-order valence-electron chi connectivity index (χ0n) is 12.9. The summed E-state index contributed by atoms with van der Waals surface area (Å²) in [5.74, 6) is -0.0281. The number of ether oxygens (including phenoxy) is 1. The van der Waals surface area contributed by atoms with Crippen LogP contribution in [-0.2, 0) is 4.74 Å². The van der Waals surface area contributed by atoms with Crippen LogP contribution in [-0.4, -0.2) is 37.7 Å². The average molecular weight is 291 g/mol. The summed E-state index contributed by atoms with van der Waals surface area (Å²) in [7, 11) is 1.72. The predicted molar refractivity (Wildman–Crippen MR) is 83.5 cm³/mol. The first kappa shape index (κ1) is 15.8. The molecule has 1 aliphatic rings. The molecule has 5 nitrogen and oxygen atoms in total. The number of nitrogens with zero attached hydrogens (tertiary/aromatic N) is 1. The molecule has 1 aromatic rings. The van der Waals surface area contributed by atoms with Crippen molar-refractivity contribution < 1.29 is 9.53 Å². The van der Waals surface area contributed by atoms with Crippen LogP contribution in [0.5, 0.6) is 0 Å². The highest BCUT2D eigenvalue weighted by Gasteiger charge is 2.42. The number of pyridine rings is 1. The van der Waals surface area contributed by atoms with Gasteiger partial charge in [-0.25, -0.2) is 0 Å². The van der Waals surface area contributed by atoms with E-state index in [4.69, 9.17) is 4.74 Å². The van der Waals surface area contributed by atoms with E-state index in [2.05, 4.69) is 22.5 Å². The molecule has 1 fully saturated rings. The molecule has 2 rings (SSSR count). The molecule has 116 valence electrons. The Morgan fingerprint density at radius 2 is 2.29 bits per heavy atom. The molecule has 0 bridgehead atoms. The second-order valence-corrected chi connectivity index (χ2v) is 5.77. The first-order chi connectivity index (χ1) is 10.2. The zero-order chi connectivity index (χ0) is 15.1. The molecule has 21 heavy (non-hydrogen) atoms. The van der Waals surface area contributed by atoms with Crippen LogP contribution < -0.4 is 10.6 Å². The van der Waals surface area contributed by atoms with Crippen molar-refractivity contribution in [3.8, 4) is 0 Å². The number of aromatic nitrogens is 1. The van der Waals surface area contributed by atoms with Gasteiger partial charge >= 0.3 is 0 Å². The summed E-state index contributed by atoms with van der Waals surface area (Å²) >= 11 is 0. The topological polar surface area (TPSA) is 63.2 Å². The molecule has 0 atom stereocenters. The minimum absolute atomic E-state index is 0.0281. The molecule has 0 radical (unpaired) electrons. The monoisotopic (exact) mass is 291 g/mol. The molecule has 5 heteroatoms. The average Bonchev–Trinajstić information content (AvgIpc) is 3.29. The van der Waals surface area contributed by atoms with Gasteiger partial charge in [0, 0.05) is 33.0 Å². The molecule has 1 aromatic heterocycles. The molecule has 0 saturated heterocycles. The van der Waals surface area contributed by atoms with Crippen molar-refractivity contribution in [2.45, 2.75) is 32.6 Å². The number of hydrogen-bond donors (Lipinski definition) is 2. The first-order valence-electron chi connectivity index (χ1n) is 7.66. The molecular formula is C16H25N3O2. The van der Waals surface area contributed by atoms with Gasteiger partial charge in [-0.15, -0.1) is 0 Å². The quantitative estimate of drug-likeness (QED) is 0.733. The van der Waals surface area contributed by atoms with Crippen molar-refractivity contribution in [2.24, 2.45) is 5.41 Å². The van der Waals surface area contributed by atoms with E-state index in [1.54, 1.807) is 25.6 Å². The molecule has 0 unspecified atom stereocenters. The van der Waals surface area contributed by atoms with Gasteiger partial charge in [0.25, 0.3) is 5.91 Å². The third kappa shape index (κ3) is 4.43. The molecule has 2 N–H and O–H groups in total. The van der Waals surface area contributed by atoms with Crippen LogP contribution in [0.2, 0.25) is 0 Å². The minimum atomic E-state index is -0.0281. The predicted octanol–water partition coefficient (Wildman–Crippen LogP) is 2.45. The lowest BCUT2D eigenvalue weighted by atomic mass is 10.0. The Hall–Kier alpha value is -1.62. The van der Waals surface area contributed by atoms with Crippen LogP contribution in [0.3, 0.4) is 0 Å². The number of anilines is 1. The number of rotatable bonds is 9. The summed E-state index contributed by atoms with van der Waals surface area (Å²) < 4.78 is 5.14. The van der Waals surface area contributed by atoms with Gasteiger partial charge in [-0.3, -0.25) is 9.78 Å². The highest BCUT2D eigenvalue weighted by Crippen LogP contribution is 2.48. The molecular weight excluding hydrogens is 266 g/mol. The third-order valence-corrected chi connectivity index (χ3v) is 4.05. The number of amides is 1. The highest BCUT2D eigenvalue weighted by molar-refractivity contribution is 5.99. The largest absolute Gasteiger partial charge is 0.385 e. The first-order valence-corrected chi connectivity index (χ1v) is 7.66. The van der Waals surface area contributed by atoms with Gasteiger partial charge < -0.3 is 15.4 Å². The van der Waals surface area contributed by atoms with Crippen molar-refractivity contribution in [3.63, 3.8) is 0 Å². The van der Waals surface area contributed by atoms with Gasteiger partial charge in [-0.2, -0.15) is 0 Å². The van der Waals surface area contributed by atoms with E-state index in [9.17, 15) is 4.79 Å². The van der Waals surface area contributed by atoms with Gasteiger partial charge in [-0.1, -0.05) is 6.92 Å². The Morgan fingerprint density at radius 1 is 1.48 bits per heavy atom. The molecule has 0 aliphatic heterocycles. The minimum Gasteiger partial charge on any atom is -0.385 e. The van der Waals surface area contributed by atoms with E-state index in [1.165, 1.54) is 12.8 Å². The van der Waals surface area contributed by atoms with E-state index >= 15 is 0 Å². The number of methoxy groups -OCH3 is 1. The van der Waals surface area contributed by atoms with E-state index in [0.29, 0.717) is 5.56 Å². The fourth-order valence-electron chi connectivity index (χ4n) is 2.37. The molecule has 1 amide bonds. The van der Waals surface area contributed by atoms with Crippen molar-refractivity contribution in [1.82, 2.24) is 10.3 Å².